The number of thioether (sulfide) groups is 1. The highest BCUT2D eigenvalue weighted by atomic mass is 35.5. The molecule has 2 amide bonds. The molecule has 1 rings (SSSR count). The summed E-state index contributed by atoms with van der Waals surface area (Å²) in [5.41, 5.74) is 5.73. The Labute approximate surface area is 157 Å². The van der Waals surface area contributed by atoms with Gasteiger partial charge in [-0.2, -0.15) is 11.8 Å². The predicted octanol–water partition coefficient (Wildman–Crippen LogP) is 2.70. The summed E-state index contributed by atoms with van der Waals surface area (Å²) in [6.07, 6.45) is 4.16. The fraction of sp³-hybridized carbons (Fsp3) is 0.500. The van der Waals surface area contributed by atoms with Crippen LogP contribution in [0.25, 0.3) is 0 Å². The first-order valence-corrected chi connectivity index (χ1v) is 9.87. The molecule has 4 N–H and O–H groups in total. The van der Waals surface area contributed by atoms with Gasteiger partial charge in [-0.3, -0.25) is 9.59 Å². The second-order valence-electron chi connectivity index (χ2n) is 5.22. The van der Waals surface area contributed by atoms with Gasteiger partial charge in [-0.05, 0) is 56.0 Å². The molecule has 1 atom stereocenters. The Morgan fingerprint density at radius 3 is 2.67 bits per heavy atom. The molecule has 0 aromatic heterocycles. The van der Waals surface area contributed by atoms with Gasteiger partial charge in [-0.1, -0.05) is 23.2 Å². The standard InChI is InChI=1S/C16H23Cl2N3O2S/c1-24-9-6-14(16(23)20-8-3-2-7-19)21-15(22)12-5-4-11(17)10-13(12)18/h4-5,10,14H,2-3,6-9,19H2,1H3,(H,20,23)(H,21,22). The summed E-state index contributed by atoms with van der Waals surface area (Å²) in [4.78, 5) is 24.7. The Balaban J connectivity index is 2.69. The van der Waals surface area contributed by atoms with E-state index < -0.39 is 6.04 Å². The normalized spacial score (nSPS) is 11.8. The molecule has 5 nitrogen and oxygen atoms in total. The minimum absolute atomic E-state index is 0.195. The third-order valence-corrected chi connectivity index (χ3v) is 4.53. The van der Waals surface area contributed by atoms with Crippen molar-refractivity contribution in [1.29, 1.82) is 0 Å². The van der Waals surface area contributed by atoms with Gasteiger partial charge in [0.2, 0.25) is 5.91 Å². The van der Waals surface area contributed by atoms with Gasteiger partial charge in [0.05, 0.1) is 10.6 Å². The molecule has 0 radical (unpaired) electrons. The third kappa shape index (κ3) is 7.30. The highest BCUT2D eigenvalue weighted by molar-refractivity contribution is 7.98. The van der Waals surface area contributed by atoms with Gasteiger partial charge in [0.25, 0.3) is 5.91 Å². The van der Waals surface area contributed by atoms with Crippen molar-refractivity contribution in [2.45, 2.75) is 25.3 Å². The molecular formula is C16H23Cl2N3O2S. The minimum atomic E-state index is -0.602. The average molecular weight is 392 g/mol. The number of hydrogen-bond donors (Lipinski definition) is 3. The van der Waals surface area contributed by atoms with E-state index in [1.54, 1.807) is 23.9 Å². The molecule has 0 spiro atoms. The zero-order valence-electron chi connectivity index (χ0n) is 13.6. The van der Waals surface area contributed by atoms with Gasteiger partial charge in [0.15, 0.2) is 0 Å². The van der Waals surface area contributed by atoms with Gasteiger partial charge < -0.3 is 16.4 Å². The van der Waals surface area contributed by atoms with Crippen LogP contribution in [0.3, 0.4) is 0 Å². The maximum Gasteiger partial charge on any atom is 0.253 e. The number of nitrogens with two attached hydrogens (primary N) is 1. The van der Waals surface area contributed by atoms with E-state index in [2.05, 4.69) is 10.6 Å². The summed E-state index contributed by atoms with van der Waals surface area (Å²) in [5.74, 6) is 0.176. The molecular weight excluding hydrogens is 369 g/mol. The number of rotatable bonds is 10. The lowest BCUT2D eigenvalue weighted by molar-refractivity contribution is -0.123. The number of unbranched alkanes of at least 4 members (excludes halogenated alkanes) is 1. The largest absolute Gasteiger partial charge is 0.354 e. The average Bonchev–Trinajstić information content (AvgIpc) is 2.55. The van der Waals surface area contributed by atoms with E-state index in [-0.39, 0.29) is 16.8 Å². The fourth-order valence-electron chi connectivity index (χ4n) is 2.02. The van der Waals surface area contributed by atoms with Crippen LogP contribution in [0.15, 0.2) is 18.2 Å². The van der Waals surface area contributed by atoms with Crippen LogP contribution in [0.1, 0.15) is 29.6 Å². The van der Waals surface area contributed by atoms with E-state index in [1.165, 1.54) is 6.07 Å². The molecule has 0 aliphatic rings. The Hall–Kier alpha value is -0.950. The van der Waals surface area contributed by atoms with Crippen molar-refractivity contribution in [3.63, 3.8) is 0 Å². The monoisotopic (exact) mass is 391 g/mol. The smallest absolute Gasteiger partial charge is 0.253 e. The Morgan fingerprint density at radius 1 is 1.29 bits per heavy atom. The summed E-state index contributed by atoms with van der Waals surface area (Å²) < 4.78 is 0. The molecule has 0 bridgehead atoms. The molecule has 0 saturated carbocycles. The Kier molecular flexibility index (Phi) is 10.2. The van der Waals surface area contributed by atoms with Crippen LogP contribution < -0.4 is 16.4 Å². The summed E-state index contributed by atoms with van der Waals surface area (Å²) in [5, 5.41) is 6.30. The molecule has 0 saturated heterocycles. The SMILES string of the molecule is CSCCC(NC(=O)c1ccc(Cl)cc1Cl)C(=O)NCCCCN. The predicted molar refractivity (Wildman–Crippen MR) is 102 cm³/mol. The van der Waals surface area contributed by atoms with Crippen molar-refractivity contribution < 1.29 is 9.59 Å². The fourth-order valence-corrected chi connectivity index (χ4v) is 2.98. The Morgan fingerprint density at radius 2 is 2.04 bits per heavy atom. The van der Waals surface area contributed by atoms with Crippen LogP contribution in [0.5, 0.6) is 0 Å². The minimum Gasteiger partial charge on any atom is -0.354 e. The van der Waals surface area contributed by atoms with E-state index in [1.807, 2.05) is 6.26 Å². The number of hydrogen-bond acceptors (Lipinski definition) is 4. The first-order chi connectivity index (χ1) is 11.5. The van der Waals surface area contributed by atoms with Crippen LogP contribution in [-0.4, -0.2) is 43.0 Å². The summed E-state index contributed by atoms with van der Waals surface area (Å²) >= 11 is 13.5. The summed E-state index contributed by atoms with van der Waals surface area (Å²) in [6, 6.07) is 4.04. The molecule has 24 heavy (non-hydrogen) atoms. The third-order valence-electron chi connectivity index (χ3n) is 3.34. The van der Waals surface area contributed by atoms with Gasteiger partial charge in [-0.15, -0.1) is 0 Å². The Bertz CT molecular complexity index is 558. The molecule has 0 aliphatic heterocycles. The maximum absolute atomic E-state index is 12.4. The van der Waals surface area contributed by atoms with Crippen molar-refractivity contribution in [2.75, 3.05) is 25.1 Å². The zero-order valence-corrected chi connectivity index (χ0v) is 15.9. The van der Waals surface area contributed by atoms with E-state index in [9.17, 15) is 9.59 Å². The van der Waals surface area contributed by atoms with Crippen molar-refractivity contribution in [2.24, 2.45) is 5.73 Å². The number of halogens is 2. The highest BCUT2D eigenvalue weighted by Crippen LogP contribution is 2.21. The number of nitrogens with one attached hydrogen (secondary N) is 2. The first-order valence-electron chi connectivity index (χ1n) is 7.72. The van der Waals surface area contributed by atoms with Crippen molar-refractivity contribution in [1.82, 2.24) is 10.6 Å². The van der Waals surface area contributed by atoms with E-state index in [4.69, 9.17) is 28.9 Å². The molecule has 0 fully saturated rings. The molecule has 0 heterocycles. The lowest BCUT2D eigenvalue weighted by atomic mass is 10.1. The lowest BCUT2D eigenvalue weighted by Gasteiger charge is -2.18. The molecule has 8 heteroatoms. The van der Waals surface area contributed by atoms with Crippen molar-refractivity contribution in [3.8, 4) is 0 Å². The van der Waals surface area contributed by atoms with E-state index in [0.29, 0.717) is 30.1 Å². The number of amides is 2. The second kappa shape index (κ2) is 11.6. The molecule has 0 aliphatic carbocycles. The van der Waals surface area contributed by atoms with Crippen molar-refractivity contribution >= 4 is 46.8 Å². The van der Waals surface area contributed by atoms with Gasteiger partial charge >= 0.3 is 0 Å². The quantitative estimate of drug-likeness (QED) is 0.535. The van der Waals surface area contributed by atoms with Crippen LogP contribution in [-0.2, 0) is 4.79 Å². The first kappa shape index (κ1) is 21.1. The van der Waals surface area contributed by atoms with Crippen LogP contribution in [0, 0.1) is 0 Å². The molecule has 1 aromatic rings. The lowest BCUT2D eigenvalue weighted by Crippen LogP contribution is -2.47. The number of benzene rings is 1. The number of carbonyl (C=O) groups is 2. The van der Waals surface area contributed by atoms with Crippen LogP contribution in [0.2, 0.25) is 10.0 Å². The van der Waals surface area contributed by atoms with Crippen LogP contribution >= 0.6 is 35.0 Å². The van der Waals surface area contributed by atoms with Gasteiger partial charge in [-0.25, -0.2) is 0 Å². The van der Waals surface area contributed by atoms with Crippen molar-refractivity contribution in [3.05, 3.63) is 33.8 Å². The summed E-state index contributed by atoms with van der Waals surface area (Å²) in [7, 11) is 0. The zero-order chi connectivity index (χ0) is 17.9. The molecule has 1 unspecified atom stereocenters. The second-order valence-corrected chi connectivity index (χ2v) is 7.05. The number of carbonyl (C=O) groups excluding carboxylic acids is 2. The van der Waals surface area contributed by atoms with Crippen LogP contribution in [0.4, 0.5) is 0 Å². The highest BCUT2D eigenvalue weighted by Gasteiger charge is 2.22. The maximum atomic E-state index is 12.4. The molecule has 1 aromatic carbocycles. The van der Waals surface area contributed by atoms with E-state index in [0.717, 1.165) is 18.6 Å². The topological polar surface area (TPSA) is 84.2 Å². The molecule has 134 valence electrons. The van der Waals surface area contributed by atoms with Gasteiger partial charge in [0.1, 0.15) is 6.04 Å². The summed E-state index contributed by atoms with van der Waals surface area (Å²) in [6.45, 7) is 1.14. The van der Waals surface area contributed by atoms with E-state index >= 15 is 0 Å². The van der Waals surface area contributed by atoms with Gasteiger partial charge in [0, 0.05) is 11.6 Å².